The number of nitrogens with two attached hydrogens (primary N) is 1. The number of aromatic nitrogens is 2. The summed E-state index contributed by atoms with van der Waals surface area (Å²) < 4.78 is 12.1. The molecule has 0 spiro atoms. The van der Waals surface area contributed by atoms with E-state index >= 15 is 0 Å². The van der Waals surface area contributed by atoms with Gasteiger partial charge in [0.1, 0.15) is 5.82 Å². The molecule has 6 nitrogen and oxygen atoms in total. The lowest BCUT2D eigenvalue weighted by atomic mass is 9.77. The molecule has 0 bridgehead atoms. The number of aromatic amines is 1. The molecule has 20 heavy (non-hydrogen) atoms. The Balaban J connectivity index is 2.24. The lowest BCUT2D eigenvalue weighted by molar-refractivity contribution is 0.00578. The molecule has 0 amide bonds. The number of rotatable bonds is 4. The SMILES string of the molecule is CNCC(=Cc1cc(N)n[nH]1)B1OC(C)(C)C(C)(C)O1. The van der Waals surface area contributed by atoms with E-state index in [1.165, 1.54) is 0 Å². The highest BCUT2D eigenvalue weighted by Crippen LogP contribution is 2.38. The fourth-order valence-electron chi connectivity index (χ4n) is 2.03. The van der Waals surface area contributed by atoms with Crippen LogP contribution in [0.3, 0.4) is 0 Å². The van der Waals surface area contributed by atoms with Crippen molar-refractivity contribution < 1.29 is 9.31 Å². The number of hydrogen-bond acceptors (Lipinski definition) is 5. The molecule has 1 aliphatic heterocycles. The highest BCUT2D eigenvalue weighted by Gasteiger charge is 2.52. The summed E-state index contributed by atoms with van der Waals surface area (Å²) in [5.41, 5.74) is 6.75. The number of H-pyrrole nitrogens is 1. The molecule has 110 valence electrons. The van der Waals surface area contributed by atoms with Crippen molar-refractivity contribution in [3.05, 3.63) is 17.2 Å². The molecular formula is C13H23BN4O2. The van der Waals surface area contributed by atoms with Crippen LogP contribution in [0.25, 0.3) is 6.08 Å². The number of hydrogen-bond donors (Lipinski definition) is 3. The Hall–Kier alpha value is -1.31. The molecule has 0 saturated carbocycles. The average molecular weight is 278 g/mol. The lowest BCUT2D eigenvalue weighted by Crippen LogP contribution is -2.41. The van der Waals surface area contributed by atoms with Gasteiger partial charge in [0.2, 0.25) is 0 Å². The number of nitrogen functional groups attached to an aromatic ring is 1. The third-order valence-corrected chi connectivity index (χ3v) is 3.90. The average Bonchev–Trinajstić information content (AvgIpc) is 2.81. The Kier molecular flexibility index (Phi) is 3.95. The lowest BCUT2D eigenvalue weighted by Gasteiger charge is -2.32. The van der Waals surface area contributed by atoms with Gasteiger partial charge in [0.25, 0.3) is 0 Å². The Labute approximate surface area is 120 Å². The van der Waals surface area contributed by atoms with Crippen LogP contribution in [-0.4, -0.2) is 42.1 Å². The van der Waals surface area contributed by atoms with Crippen molar-refractivity contribution in [2.45, 2.75) is 38.9 Å². The first-order chi connectivity index (χ1) is 9.25. The van der Waals surface area contributed by atoms with Crippen LogP contribution in [-0.2, 0) is 9.31 Å². The zero-order valence-electron chi connectivity index (χ0n) is 12.8. The summed E-state index contributed by atoms with van der Waals surface area (Å²) in [6.07, 6.45) is 1.96. The monoisotopic (exact) mass is 278 g/mol. The fraction of sp³-hybridized carbons (Fsp3) is 0.615. The predicted octanol–water partition coefficient (Wildman–Crippen LogP) is 1.23. The van der Waals surface area contributed by atoms with Gasteiger partial charge in [-0.3, -0.25) is 5.10 Å². The van der Waals surface area contributed by atoms with Gasteiger partial charge in [0, 0.05) is 12.6 Å². The van der Waals surface area contributed by atoms with Crippen molar-refractivity contribution in [1.29, 1.82) is 0 Å². The summed E-state index contributed by atoms with van der Waals surface area (Å²) in [5.74, 6) is 0.467. The van der Waals surface area contributed by atoms with E-state index in [1.54, 1.807) is 6.07 Å². The Morgan fingerprint density at radius 1 is 1.40 bits per heavy atom. The molecule has 0 unspecified atom stereocenters. The molecule has 1 aromatic rings. The van der Waals surface area contributed by atoms with Crippen LogP contribution in [0.15, 0.2) is 11.5 Å². The van der Waals surface area contributed by atoms with Crippen LogP contribution in [0.2, 0.25) is 0 Å². The van der Waals surface area contributed by atoms with E-state index in [2.05, 4.69) is 15.5 Å². The minimum Gasteiger partial charge on any atom is -0.400 e. The van der Waals surface area contributed by atoms with Crippen LogP contribution < -0.4 is 11.1 Å². The second-order valence-corrected chi connectivity index (χ2v) is 6.09. The molecule has 1 saturated heterocycles. The minimum atomic E-state index is -0.378. The fourth-order valence-corrected chi connectivity index (χ4v) is 2.03. The summed E-state index contributed by atoms with van der Waals surface area (Å²) in [4.78, 5) is 0. The smallest absolute Gasteiger partial charge is 0.400 e. The quantitative estimate of drug-likeness (QED) is 0.721. The standard InChI is InChI=1S/C13H23BN4O2/c1-12(2)13(3,4)20-14(19-12)9(8-16-5)6-10-7-11(15)18-17-10/h6-7,16H,8H2,1-5H3,(H3,15,17,18). The van der Waals surface area contributed by atoms with Crippen LogP contribution >= 0.6 is 0 Å². The van der Waals surface area contributed by atoms with Crippen LogP contribution in [0, 0.1) is 0 Å². The topological polar surface area (TPSA) is 85.2 Å². The highest BCUT2D eigenvalue weighted by molar-refractivity contribution is 6.55. The molecule has 2 rings (SSSR count). The van der Waals surface area contributed by atoms with E-state index < -0.39 is 0 Å². The van der Waals surface area contributed by atoms with Crippen molar-refractivity contribution >= 4 is 19.0 Å². The third-order valence-electron chi connectivity index (χ3n) is 3.90. The van der Waals surface area contributed by atoms with Gasteiger partial charge in [0.15, 0.2) is 0 Å². The zero-order valence-corrected chi connectivity index (χ0v) is 12.8. The van der Waals surface area contributed by atoms with Crippen molar-refractivity contribution in [2.24, 2.45) is 0 Å². The highest BCUT2D eigenvalue weighted by atomic mass is 16.7. The maximum absolute atomic E-state index is 6.06. The zero-order chi connectivity index (χ0) is 15.0. The Bertz CT molecular complexity index is 494. The van der Waals surface area contributed by atoms with Gasteiger partial charge in [0.05, 0.1) is 16.9 Å². The molecule has 2 heterocycles. The van der Waals surface area contributed by atoms with Crippen molar-refractivity contribution in [3.8, 4) is 0 Å². The molecule has 0 atom stereocenters. The Morgan fingerprint density at radius 3 is 2.45 bits per heavy atom. The van der Waals surface area contributed by atoms with Crippen molar-refractivity contribution in [2.75, 3.05) is 19.3 Å². The summed E-state index contributed by atoms with van der Waals surface area (Å²) in [5, 5.41) is 9.92. The molecule has 7 heteroatoms. The van der Waals surface area contributed by atoms with E-state index in [1.807, 2.05) is 40.8 Å². The van der Waals surface area contributed by atoms with Gasteiger partial charge < -0.3 is 20.4 Å². The summed E-state index contributed by atoms with van der Waals surface area (Å²) >= 11 is 0. The van der Waals surface area contributed by atoms with Crippen molar-refractivity contribution in [3.63, 3.8) is 0 Å². The number of nitrogens with zero attached hydrogens (tertiary/aromatic N) is 1. The summed E-state index contributed by atoms with van der Waals surface area (Å²) in [6, 6.07) is 1.78. The third kappa shape index (κ3) is 2.89. The number of nitrogens with one attached hydrogen (secondary N) is 2. The first-order valence-electron chi connectivity index (χ1n) is 6.77. The minimum absolute atomic E-state index is 0.350. The van der Waals surface area contributed by atoms with Gasteiger partial charge in [-0.25, -0.2) is 0 Å². The number of anilines is 1. The molecular weight excluding hydrogens is 255 g/mol. The molecule has 4 N–H and O–H groups in total. The van der Waals surface area contributed by atoms with E-state index in [9.17, 15) is 0 Å². The van der Waals surface area contributed by atoms with Crippen molar-refractivity contribution in [1.82, 2.24) is 15.5 Å². The number of likely N-dealkylation sites (N-methyl/N-ethyl adjacent to an activating group) is 1. The molecule has 0 aromatic carbocycles. The van der Waals surface area contributed by atoms with E-state index in [0.29, 0.717) is 12.4 Å². The maximum atomic E-state index is 6.06. The van der Waals surface area contributed by atoms with Gasteiger partial charge in [-0.2, -0.15) is 5.10 Å². The molecule has 1 aromatic heterocycles. The maximum Gasteiger partial charge on any atom is 0.491 e. The normalized spacial score (nSPS) is 21.4. The first-order valence-corrected chi connectivity index (χ1v) is 6.77. The predicted molar refractivity (Wildman–Crippen MR) is 81.0 cm³/mol. The van der Waals surface area contributed by atoms with Crippen LogP contribution in [0.4, 0.5) is 5.82 Å². The second-order valence-electron chi connectivity index (χ2n) is 6.09. The molecule has 0 radical (unpaired) electrons. The first kappa shape index (κ1) is 15.1. The van der Waals surface area contributed by atoms with Gasteiger partial charge in [-0.1, -0.05) is 0 Å². The van der Waals surface area contributed by atoms with Gasteiger partial charge >= 0.3 is 7.12 Å². The summed E-state index contributed by atoms with van der Waals surface area (Å²) in [7, 11) is 1.51. The largest absolute Gasteiger partial charge is 0.491 e. The van der Waals surface area contributed by atoms with E-state index in [0.717, 1.165) is 11.2 Å². The van der Waals surface area contributed by atoms with E-state index in [4.69, 9.17) is 15.0 Å². The Morgan fingerprint density at radius 2 is 2.00 bits per heavy atom. The van der Waals surface area contributed by atoms with Gasteiger partial charge in [-0.05, 0) is 46.3 Å². The van der Waals surface area contributed by atoms with Crippen LogP contribution in [0.5, 0.6) is 0 Å². The van der Waals surface area contributed by atoms with Gasteiger partial charge in [-0.15, -0.1) is 0 Å². The summed E-state index contributed by atoms with van der Waals surface area (Å²) in [6.45, 7) is 8.82. The molecule has 0 aliphatic carbocycles. The van der Waals surface area contributed by atoms with Crippen LogP contribution in [0.1, 0.15) is 33.4 Å². The van der Waals surface area contributed by atoms with E-state index in [-0.39, 0.29) is 18.3 Å². The second kappa shape index (κ2) is 5.23. The molecule has 1 aliphatic rings. The molecule has 1 fully saturated rings.